The molecule has 3 nitrogen and oxygen atoms in total. The Balaban J connectivity index is 1.79. The van der Waals surface area contributed by atoms with Crippen molar-refractivity contribution in [2.45, 2.75) is 51.1 Å². The molecule has 0 amide bonds. The average molecular weight is 304 g/mol. The lowest BCUT2D eigenvalue weighted by atomic mass is 9.96. The van der Waals surface area contributed by atoms with Gasteiger partial charge in [-0.25, -0.2) is 4.98 Å². The summed E-state index contributed by atoms with van der Waals surface area (Å²) in [6.07, 6.45) is 10.4. The highest BCUT2D eigenvalue weighted by atomic mass is 35.5. The van der Waals surface area contributed by atoms with Gasteiger partial charge in [0.1, 0.15) is 0 Å². The van der Waals surface area contributed by atoms with Gasteiger partial charge in [0.25, 0.3) is 0 Å². The molecular weight excluding hydrogens is 282 g/mol. The Bertz CT molecular complexity index is 587. The van der Waals surface area contributed by atoms with Crippen LogP contribution in [0.1, 0.15) is 50.6 Å². The summed E-state index contributed by atoms with van der Waals surface area (Å²) in [5.41, 5.74) is 1.13. The van der Waals surface area contributed by atoms with E-state index < -0.39 is 0 Å². The van der Waals surface area contributed by atoms with Crippen LogP contribution in [0.5, 0.6) is 0 Å². The Morgan fingerprint density at radius 1 is 1.24 bits per heavy atom. The molecule has 1 atom stereocenters. The van der Waals surface area contributed by atoms with Crippen LogP contribution in [0.4, 0.5) is 5.95 Å². The Kier molecular flexibility index (Phi) is 4.49. The largest absolute Gasteiger partial charge is 0.353 e. The van der Waals surface area contributed by atoms with Crippen LogP contribution in [0.15, 0.2) is 36.7 Å². The Morgan fingerprint density at radius 3 is 2.76 bits per heavy atom. The first-order valence-electron chi connectivity index (χ1n) is 7.79. The molecule has 1 fully saturated rings. The van der Waals surface area contributed by atoms with E-state index in [0.717, 1.165) is 16.5 Å². The highest BCUT2D eigenvalue weighted by Crippen LogP contribution is 2.29. The second kappa shape index (κ2) is 6.52. The molecule has 0 saturated heterocycles. The van der Waals surface area contributed by atoms with Gasteiger partial charge in [-0.1, -0.05) is 49.1 Å². The lowest BCUT2D eigenvalue weighted by molar-refractivity contribution is 0.458. The molecule has 1 heterocycles. The predicted molar refractivity (Wildman–Crippen MR) is 88.0 cm³/mol. The number of nitrogens with one attached hydrogen (secondary N) is 1. The molecule has 2 aromatic rings. The number of anilines is 1. The minimum Gasteiger partial charge on any atom is -0.353 e. The van der Waals surface area contributed by atoms with Crippen LogP contribution in [-0.2, 0) is 0 Å². The summed E-state index contributed by atoms with van der Waals surface area (Å²) in [4.78, 5) is 4.50. The van der Waals surface area contributed by atoms with Crippen molar-refractivity contribution in [3.05, 3.63) is 47.2 Å². The fourth-order valence-electron chi connectivity index (χ4n) is 3.13. The van der Waals surface area contributed by atoms with Crippen molar-refractivity contribution in [1.82, 2.24) is 9.55 Å². The van der Waals surface area contributed by atoms with Crippen LogP contribution in [0, 0.1) is 0 Å². The summed E-state index contributed by atoms with van der Waals surface area (Å²) < 4.78 is 2.18. The van der Waals surface area contributed by atoms with Crippen molar-refractivity contribution in [2.75, 3.05) is 5.32 Å². The minimum atomic E-state index is 0.173. The lowest BCUT2D eigenvalue weighted by Gasteiger charge is -2.25. The number of benzene rings is 1. The summed E-state index contributed by atoms with van der Waals surface area (Å²) in [5.74, 6) is 0.953. The van der Waals surface area contributed by atoms with E-state index >= 15 is 0 Å². The van der Waals surface area contributed by atoms with Crippen LogP contribution in [0.3, 0.4) is 0 Å². The highest BCUT2D eigenvalue weighted by Gasteiger charge is 2.18. The van der Waals surface area contributed by atoms with Gasteiger partial charge in [0.2, 0.25) is 5.95 Å². The van der Waals surface area contributed by atoms with Crippen molar-refractivity contribution in [3.63, 3.8) is 0 Å². The molecule has 3 rings (SSSR count). The Labute approximate surface area is 131 Å². The van der Waals surface area contributed by atoms with Gasteiger partial charge in [-0.2, -0.15) is 0 Å². The number of nitrogens with zero attached hydrogens (tertiary/aromatic N) is 2. The molecule has 0 aliphatic heterocycles. The summed E-state index contributed by atoms with van der Waals surface area (Å²) in [6, 6.07) is 8.75. The third kappa shape index (κ3) is 3.24. The van der Waals surface area contributed by atoms with Gasteiger partial charge in [0.05, 0.1) is 6.04 Å². The second-order valence-electron chi connectivity index (χ2n) is 5.83. The third-order valence-corrected chi connectivity index (χ3v) is 4.72. The maximum Gasteiger partial charge on any atom is 0.203 e. The van der Waals surface area contributed by atoms with Crippen molar-refractivity contribution in [2.24, 2.45) is 0 Å². The maximum absolute atomic E-state index is 6.33. The molecular formula is C17H22ClN3. The van der Waals surface area contributed by atoms with Gasteiger partial charge in [-0.05, 0) is 31.4 Å². The lowest BCUT2D eigenvalue weighted by Crippen LogP contribution is -2.25. The van der Waals surface area contributed by atoms with Crippen LogP contribution in [0.25, 0.3) is 0 Å². The fourth-order valence-corrected chi connectivity index (χ4v) is 3.42. The second-order valence-corrected chi connectivity index (χ2v) is 6.24. The van der Waals surface area contributed by atoms with Crippen LogP contribution >= 0.6 is 11.6 Å². The summed E-state index contributed by atoms with van der Waals surface area (Å²) >= 11 is 6.33. The smallest absolute Gasteiger partial charge is 0.203 e. The zero-order valence-electron chi connectivity index (χ0n) is 12.4. The van der Waals surface area contributed by atoms with E-state index in [1.807, 2.05) is 30.6 Å². The van der Waals surface area contributed by atoms with Crippen molar-refractivity contribution < 1.29 is 0 Å². The number of imidazole rings is 1. The van der Waals surface area contributed by atoms with Crippen LogP contribution < -0.4 is 5.32 Å². The molecule has 0 bridgehead atoms. The predicted octanol–water partition coefficient (Wildman–Crippen LogP) is 4.89. The molecule has 1 aliphatic rings. The van der Waals surface area contributed by atoms with Gasteiger partial charge in [-0.3, -0.25) is 0 Å². The zero-order valence-corrected chi connectivity index (χ0v) is 13.2. The molecule has 1 saturated carbocycles. The van der Waals surface area contributed by atoms with Gasteiger partial charge < -0.3 is 9.88 Å². The van der Waals surface area contributed by atoms with E-state index in [4.69, 9.17) is 11.6 Å². The SMILES string of the molecule is CC(c1ccccc1Cl)n1ccnc1NC1CCCCC1. The molecule has 21 heavy (non-hydrogen) atoms. The number of rotatable bonds is 4. The summed E-state index contributed by atoms with van der Waals surface area (Å²) in [5, 5.41) is 4.42. The first kappa shape index (κ1) is 14.5. The minimum absolute atomic E-state index is 0.173. The number of halogens is 1. The molecule has 4 heteroatoms. The maximum atomic E-state index is 6.33. The van der Waals surface area contributed by atoms with Crippen molar-refractivity contribution in [3.8, 4) is 0 Å². The van der Waals surface area contributed by atoms with Gasteiger partial charge in [0.15, 0.2) is 0 Å². The van der Waals surface area contributed by atoms with E-state index in [1.165, 1.54) is 32.1 Å². The molecule has 1 aromatic heterocycles. The third-order valence-electron chi connectivity index (χ3n) is 4.38. The van der Waals surface area contributed by atoms with Crippen molar-refractivity contribution >= 4 is 17.5 Å². The number of hydrogen-bond acceptors (Lipinski definition) is 2. The number of hydrogen-bond donors (Lipinski definition) is 1. The molecule has 1 aromatic carbocycles. The Morgan fingerprint density at radius 2 is 2.00 bits per heavy atom. The molecule has 0 spiro atoms. The Hall–Kier alpha value is -1.48. The van der Waals surface area contributed by atoms with E-state index in [-0.39, 0.29) is 6.04 Å². The van der Waals surface area contributed by atoms with Gasteiger partial charge >= 0.3 is 0 Å². The molecule has 1 N–H and O–H groups in total. The highest BCUT2D eigenvalue weighted by molar-refractivity contribution is 6.31. The zero-order chi connectivity index (χ0) is 14.7. The summed E-state index contributed by atoms with van der Waals surface area (Å²) in [7, 11) is 0. The van der Waals surface area contributed by atoms with E-state index in [0.29, 0.717) is 6.04 Å². The van der Waals surface area contributed by atoms with E-state index in [1.54, 1.807) is 0 Å². The standard InChI is InChI=1S/C17H22ClN3/c1-13(15-9-5-6-10-16(15)18)21-12-11-19-17(21)20-14-7-3-2-4-8-14/h5-6,9-14H,2-4,7-8H2,1H3,(H,19,20). The monoisotopic (exact) mass is 303 g/mol. The topological polar surface area (TPSA) is 29.9 Å². The quantitative estimate of drug-likeness (QED) is 0.871. The molecule has 112 valence electrons. The van der Waals surface area contributed by atoms with Gasteiger partial charge in [-0.15, -0.1) is 0 Å². The fraction of sp³-hybridized carbons (Fsp3) is 0.471. The van der Waals surface area contributed by atoms with E-state index in [9.17, 15) is 0 Å². The molecule has 1 unspecified atom stereocenters. The first-order valence-corrected chi connectivity index (χ1v) is 8.17. The first-order chi connectivity index (χ1) is 10.3. The average Bonchev–Trinajstić information content (AvgIpc) is 2.96. The van der Waals surface area contributed by atoms with E-state index in [2.05, 4.69) is 27.9 Å². The summed E-state index contributed by atoms with van der Waals surface area (Å²) in [6.45, 7) is 2.16. The molecule has 0 radical (unpaired) electrons. The normalized spacial score (nSPS) is 17.6. The van der Waals surface area contributed by atoms with Crippen LogP contribution in [-0.4, -0.2) is 15.6 Å². The van der Waals surface area contributed by atoms with Crippen LogP contribution in [0.2, 0.25) is 5.02 Å². The molecule has 1 aliphatic carbocycles. The van der Waals surface area contributed by atoms with Gasteiger partial charge in [0, 0.05) is 23.5 Å². The van der Waals surface area contributed by atoms with Crippen molar-refractivity contribution in [1.29, 1.82) is 0 Å². The number of aromatic nitrogens is 2.